The molecule has 2 rings (SSSR count). The maximum Gasteiger partial charge on any atom is 0.128 e. The van der Waals surface area contributed by atoms with Crippen LogP contribution in [0, 0.1) is 0 Å². The van der Waals surface area contributed by atoms with E-state index in [1.54, 1.807) is 11.8 Å². The normalized spacial score (nSPS) is 20.6. The zero-order chi connectivity index (χ0) is 8.55. The van der Waals surface area contributed by atoms with Crippen LogP contribution < -0.4 is 0 Å². The topological polar surface area (TPSA) is 17.1 Å². The van der Waals surface area contributed by atoms with Gasteiger partial charge in [-0.05, 0) is 17.7 Å². The summed E-state index contributed by atoms with van der Waals surface area (Å²) in [6.45, 7) is 0. The molecule has 1 aliphatic rings. The van der Waals surface area contributed by atoms with E-state index in [9.17, 15) is 4.79 Å². The Labute approximate surface area is 80.1 Å². The molecule has 12 heavy (non-hydrogen) atoms. The Balaban J connectivity index is 2.47. The van der Waals surface area contributed by atoms with Gasteiger partial charge in [-0.2, -0.15) is 0 Å². The first-order valence-corrected chi connectivity index (χ1v) is 5.05. The lowest BCUT2D eigenvalue weighted by molar-refractivity contribution is -0.108. The predicted molar refractivity (Wildman–Crippen MR) is 51.0 cm³/mol. The van der Waals surface area contributed by atoms with Crippen LogP contribution in [0.4, 0.5) is 0 Å². The molecule has 0 spiro atoms. The van der Waals surface area contributed by atoms with E-state index in [1.807, 2.05) is 18.2 Å². The molecule has 3 heteroatoms. The summed E-state index contributed by atoms with van der Waals surface area (Å²) in [5, 5.41) is 0.743. The van der Waals surface area contributed by atoms with Crippen molar-refractivity contribution in [3.8, 4) is 0 Å². The molecule has 0 radical (unpaired) electrons. The summed E-state index contributed by atoms with van der Waals surface area (Å²) < 4.78 is 0. The summed E-state index contributed by atoms with van der Waals surface area (Å²) in [7, 11) is 0. The van der Waals surface area contributed by atoms with E-state index in [0.717, 1.165) is 27.5 Å². The molecule has 1 atom stereocenters. The van der Waals surface area contributed by atoms with E-state index in [1.165, 1.54) is 0 Å². The third-order valence-electron chi connectivity index (χ3n) is 1.96. The zero-order valence-corrected chi connectivity index (χ0v) is 7.86. The summed E-state index contributed by atoms with van der Waals surface area (Å²) in [6, 6.07) is 5.70. The predicted octanol–water partition coefficient (Wildman–Crippen LogP) is 2.73. The van der Waals surface area contributed by atoms with Crippen molar-refractivity contribution in [2.45, 2.75) is 10.8 Å². The van der Waals surface area contributed by atoms with Crippen molar-refractivity contribution in [3.05, 3.63) is 28.8 Å². The van der Waals surface area contributed by atoms with Gasteiger partial charge in [0.25, 0.3) is 0 Å². The molecule has 0 saturated carbocycles. The minimum atomic E-state index is 0.0715. The quantitative estimate of drug-likeness (QED) is 0.646. The third-order valence-corrected chi connectivity index (χ3v) is 3.38. The van der Waals surface area contributed by atoms with Gasteiger partial charge in [0.2, 0.25) is 0 Å². The minimum absolute atomic E-state index is 0.0715. The van der Waals surface area contributed by atoms with Crippen molar-refractivity contribution >= 4 is 29.6 Å². The number of fused-ring (bicyclic) bond motifs is 1. The highest BCUT2D eigenvalue weighted by molar-refractivity contribution is 7.99. The molecule has 0 amide bonds. The van der Waals surface area contributed by atoms with Crippen molar-refractivity contribution in [2.24, 2.45) is 0 Å². The van der Waals surface area contributed by atoms with Gasteiger partial charge in [0.05, 0.1) is 5.92 Å². The van der Waals surface area contributed by atoms with Gasteiger partial charge < -0.3 is 4.79 Å². The standard InChI is InChI=1S/C9H7ClOS/c10-7-1-2-8-6(4-11)5-12-9(8)3-7/h1-4,6H,5H2. The Bertz CT molecular complexity index is 324. The van der Waals surface area contributed by atoms with Crippen LogP contribution in [0.15, 0.2) is 23.1 Å². The Morgan fingerprint density at radius 3 is 3.17 bits per heavy atom. The number of benzene rings is 1. The van der Waals surface area contributed by atoms with Gasteiger partial charge in [0.1, 0.15) is 6.29 Å². The number of hydrogen-bond acceptors (Lipinski definition) is 2. The first-order valence-electron chi connectivity index (χ1n) is 3.69. The summed E-state index contributed by atoms with van der Waals surface area (Å²) in [5.74, 6) is 0.932. The van der Waals surface area contributed by atoms with E-state index in [0.29, 0.717) is 0 Å². The molecular formula is C9H7ClOS. The molecule has 1 aromatic carbocycles. The molecule has 0 aliphatic carbocycles. The third kappa shape index (κ3) is 1.25. The van der Waals surface area contributed by atoms with Crippen LogP contribution in [-0.2, 0) is 4.79 Å². The molecule has 1 nitrogen and oxygen atoms in total. The second-order valence-corrected chi connectivity index (χ2v) is 4.23. The molecular weight excluding hydrogens is 192 g/mol. The summed E-state index contributed by atoms with van der Waals surface area (Å²) in [5.41, 5.74) is 1.12. The van der Waals surface area contributed by atoms with Gasteiger partial charge in [-0.1, -0.05) is 17.7 Å². The first kappa shape index (κ1) is 8.14. The highest BCUT2D eigenvalue weighted by Gasteiger charge is 2.22. The number of rotatable bonds is 1. The van der Waals surface area contributed by atoms with Crippen LogP contribution in [0.25, 0.3) is 0 Å². The number of carbonyl (C=O) groups excluding carboxylic acids is 1. The molecule has 0 aromatic heterocycles. The van der Waals surface area contributed by atoms with Gasteiger partial charge in [-0.3, -0.25) is 0 Å². The lowest BCUT2D eigenvalue weighted by Gasteiger charge is -2.00. The van der Waals surface area contributed by atoms with Crippen LogP contribution >= 0.6 is 23.4 Å². The Hall–Kier alpha value is -0.470. The van der Waals surface area contributed by atoms with Crippen LogP contribution in [0.3, 0.4) is 0 Å². The fourth-order valence-corrected chi connectivity index (χ4v) is 2.77. The average Bonchev–Trinajstić information content (AvgIpc) is 2.46. The highest BCUT2D eigenvalue weighted by Crippen LogP contribution is 2.39. The number of halogens is 1. The molecule has 0 fully saturated rings. The van der Waals surface area contributed by atoms with Gasteiger partial charge in [0.15, 0.2) is 0 Å². The smallest absolute Gasteiger partial charge is 0.128 e. The fourth-order valence-electron chi connectivity index (χ4n) is 1.32. The van der Waals surface area contributed by atoms with Crippen molar-refractivity contribution in [3.63, 3.8) is 0 Å². The molecule has 0 N–H and O–H groups in total. The van der Waals surface area contributed by atoms with Gasteiger partial charge >= 0.3 is 0 Å². The minimum Gasteiger partial charge on any atom is -0.303 e. The fraction of sp³-hybridized carbons (Fsp3) is 0.222. The van der Waals surface area contributed by atoms with E-state index in [-0.39, 0.29) is 5.92 Å². The number of hydrogen-bond donors (Lipinski definition) is 0. The SMILES string of the molecule is O=CC1CSc2cc(Cl)ccc21. The first-order chi connectivity index (χ1) is 5.81. The highest BCUT2D eigenvalue weighted by atomic mass is 35.5. The largest absolute Gasteiger partial charge is 0.303 e. The van der Waals surface area contributed by atoms with Crippen molar-refractivity contribution in [1.82, 2.24) is 0 Å². The Morgan fingerprint density at radius 1 is 1.58 bits per heavy atom. The molecule has 62 valence electrons. The van der Waals surface area contributed by atoms with Gasteiger partial charge in [-0.15, -0.1) is 11.8 Å². The van der Waals surface area contributed by atoms with Crippen molar-refractivity contribution in [2.75, 3.05) is 5.75 Å². The van der Waals surface area contributed by atoms with Crippen molar-refractivity contribution in [1.29, 1.82) is 0 Å². The summed E-state index contributed by atoms with van der Waals surface area (Å²) in [4.78, 5) is 11.8. The Morgan fingerprint density at radius 2 is 2.42 bits per heavy atom. The van der Waals surface area contributed by atoms with Crippen LogP contribution in [-0.4, -0.2) is 12.0 Å². The summed E-state index contributed by atoms with van der Waals surface area (Å²) in [6.07, 6.45) is 1.01. The van der Waals surface area contributed by atoms with Crippen LogP contribution in [0.1, 0.15) is 11.5 Å². The number of carbonyl (C=O) groups is 1. The average molecular weight is 199 g/mol. The zero-order valence-electron chi connectivity index (χ0n) is 6.29. The van der Waals surface area contributed by atoms with Crippen LogP contribution in [0.2, 0.25) is 5.02 Å². The Kier molecular flexibility index (Phi) is 2.11. The molecule has 0 saturated heterocycles. The second-order valence-electron chi connectivity index (χ2n) is 2.74. The van der Waals surface area contributed by atoms with E-state index >= 15 is 0 Å². The van der Waals surface area contributed by atoms with Crippen LogP contribution in [0.5, 0.6) is 0 Å². The molecule has 1 heterocycles. The van der Waals surface area contributed by atoms with Gasteiger partial charge in [0, 0.05) is 15.7 Å². The molecule has 1 aliphatic heterocycles. The molecule has 1 aromatic rings. The maximum absolute atomic E-state index is 10.6. The maximum atomic E-state index is 10.6. The molecule has 0 bridgehead atoms. The molecule has 1 unspecified atom stereocenters. The van der Waals surface area contributed by atoms with E-state index < -0.39 is 0 Å². The van der Waals surface area contributed by atoms with E-state index in [2.05, 4.69) is 0 Å². The number of aldehydes is 1. The lowest BCUT2D eigenvalue weighted by atomic mass is 10.0. The summed E-state index contributed by atoms with van der Waals surface area (Å²) >= 11 is 7.51. The lowest BCUT2D eigenvalue weighted by Crippen LogP contribution is -1.96. The van der Waals surface area contributed by atoms with E-state index in [4.69, 9.17) is 11.6 Å². The number of thioether (sulfide) groups is 1. The van der Waals surface area contributed by atoms with Crippen molar-refractivity contribution < 1.29 is 4.79 Å². The monoisotopic (exact) mass is 198 g/mol. The second kappa shape index (κ2) is 3.11. The van der Waals surface area contributed by atoms with Gasteiger partial charge in [-0.25, -0.2) is 0 Å².